The topological polar surface area (TPSA) is 23.5 Å². The Labute approximate surface area is 116 Å². The lowest BCUT2D eigenvalue weighted by Crippen LogP contribution is -2.41. The Kier molecular flexibility index (Phi) is 2.99. The standard InChI is InChI=1S/C17H25NO/c1-16(2,3)18-11-13-9-17(19,10-14(13)12-18)15-7-5-4-6-8-15/h4-8,13-14,19H,9-12H2,1-3H3/t13-,14+,17+. The summed E-state index contributed by atoms with van der Waals surface area (Å²) in [6.07, 6.45) is 1.85. The molecule has 0 unspecified atom stereocenters. The van der Waals surface area contributed by atoms with Crippen molar-refractivity contribution in [2.45, 2.75) is 44.8 Å². The van der Waals surface area contributed by atoms with E-state index in [1.807, 2.05) is 18.2 Å². The lowest BCUT2D eigenvalue weighted by Gasteiger charge is -2.34. The first-order valence-corrected chi connectivity index (χ1v) is 7.41. The molecule has 1 aromatic carbocycles. The molecule has 1 saturated carbocycles. The summed E-state index contributed by atoms with van der Waals surface area (Å²) in [4.78, 5) is 2.58. The molecule has 1 heterocycles. The van der Waals surface area contributed by atoms with Gasteiger partial charge in [-0.2, -0.15) is 0 Å². The molecule has 1 aliphatic carbocycles. The fourth-order valence-corrected chi connectivity index (χ4v) is 3.88. The fraction of sp³-hybridized carbons (Fsp3) is 0.647. The summed E-state index contributed by atoms with van der Waals surface area (Å²) in [5, 5.41) is 10.9. The second-order valence-electron chi connectivity index (χ2n) is 7.40. The van der Waals surface area contributed by atoms with Gasteiger partial charge in [-0.3, -0.25) is 4.90 Å². The summed E-state index contributed by atoms with van der Waals surface area (Å²) >= 11 is 0. The van der Waals surface area contributed by atoms with Gasteiger partial charge in [-0.25, -0.2) is 0 Å². The Hall–Kier alpha value is -0.860. The van der Waals surface area contributed by atoms with Crippen LogP contribution in [0.25, 0.3) is 0 Å². The summed E-state index contributed by atoms with van der Waals surface area (Å²) in [5.74, 6) is 1.31. The van der Waals surface area contributed by atoms with Gasteiger partial charge in [-0.05, 0) is 51.0 Å². The lowest BCUT2D eigenvalue weighted by molar-refractivity contribution is 0.0262. The van der Waals surface area contributed by atoms with Crippen LogP contribution in [0.3, 0.4) is 0 Å². The van der Waals surface area contributed by atoms with Crippen LogP contribution in [0, 0.1) is 11.8 Å². The van der Waals surface area contributed by atoms with Crippen LogP contribution in [0.5, 0.6) is 0 Å². The molecule has 2 nitrogen and oxygen atoms in total. The maximum Gasteiger partial charge on any atom is 0.0903 e. The van der Waals surface area contributed by atoms with Crippen molar-refractivity contribution >= 4 is 0 Å². The number of hydrogen-bond donors (Lipinski definition) is 1. The van der Waals surface area contributed by atoms with Crippen LogP contribution in [-0.4, -0.2) is 28.6 Å². The average Bonchev–Trinajstić information content (AvgIpc) is 2.85. The van der Waals surface area contributed by atoms with Crippen LogP contribution in [0.2, 0.25) is 0 Å². The molecule has 0 bridgehead atoms. The molecular formula is C17H25NO. The van der Waals surface area contributed by atoms with Gasteiger partial charge in [0.1, 0.15) is 0 Å². The molecule has 0 amide bonds. The Bertz CT molecular complexity index is 434. The van der Waals surface area contributed by atoms with Crippen molar-refractivity contribution in [3.8, 4) is 0 Å². The SMILES string of the molecule is CC(C)(C)N1C[C@@H]2C[C@](O)(c3ccccc3)C[C@@H]2C1. The third-order valence-corrected chi connectivity index (χ3v) is 5.04. The van der Waals surface area contributed by atoms with E-state index in [4.69, 9.17) is 0 Å². The number of nitrogens with zero attached hydrogens (tertiary/aromatic N) is 1. The summed E-state index contributed by atoms with van der Waals surface area (Å²) < 4.78 is 0. The quantitative estimate of drug-likeness (QED) is 0.838. The second kappa shape index (κ2) is 4.32. The number of likely N-dealkylation sites (tertiary alicyclic amines) is 1. The molecule has 19 heavy (non-hydrogen) atoms. The molecule has 2 fully saturated rings. The number of benzene rings is 1. The maximum absolute atomic E-state index is 10.9. The summed E-state index contributed by atoms with van der Waals surface area (Å²) in [6, 6.07) is 10.2. The lowest BCUT2D eigenvalue weighted by atomic mass is 9.90. The van der Waals surface area contributed by atoms with Gasteiger partial charge in [0.25, 0.3) is 0 Å². The molecule has 0 aromatic heterocycles. The number of aliphatic hydroxyl groups is 1. The zero-order chi connectivity index (χ0) is 13.7. The van der Waals surface area contributed by atoms with Gasteiger partial charge >= 0.3 is 0 Å². The van der Waals surface area contributed by atoms with Crippen LogP contribution in [0.4, 0.5) is 0 Å². The van der Waals surface area contributed by atoms with Gasteiger partial charge in [-0.15, -0.1) is 0 Å². The van der Waals surface area contributed by atoms with Crippen molar-refractivity contribution in [3.63, 3.8) is 0 Å². The van der Waals surface area contributed by atoms with E-state index in [1.165, 1.54) is 0 Å². The predicted octanol–water partition coefficient (Wildman–Crippen LogP) is 3.01. The third kappa shape index (κ3) is 2.32. The summed E-state index contributed by atoms with van der Waals surface area (Å²) in [6.45, 7) is 9.15. The predicted molar refractivity (Wildman–Crippen MR) is 77.9 cm³/mol. The van der Waals surface area contributed by atoms with Gasteiger partial charge in [0.05, 0.1) is 5.60 Å². The highest BCUT2D eigenvalue weighted by atomic mass is 16.3. The second-order valence-corrected chi connectivity index (χ2v) is 7.40. The van der Waals surface area contributed by atoms with Gasteiger partial charge in [0.2, 0.25) is 0 Å². The highest BCUT2D eigenvalue weighted by Crippen LogP contribution is 2.49. The highest BCUT2D eigenvalue weighted by molar-refractivity contribution is 5.25. The van der Waals surface area contributed by atoms with Gasteiger partial charge < -0.3 is 5.11 Å². The molecule has 104 valence electrons. The van der Waals surface area contributed by atoms with Gasteiger partial charge in [0.15, 0.2) is 0 Å². The maximum atomic E-state index is 10.9. The first-order valence-electron chi connectivity index (χ1n) is 7.41. The Morgan fingerprint density at radius 2 is 1.58 bits per heavy atom. The first-order chi connectivity index (χ1) is 8.88. The van der Waals surface area contributed by atoms with Crippen molar-refractivity contribution in [1.82, 2.24) is 4.90 Å². The third-order valence-electron chi connectivity index (χ3n) is 5.04. The molecule has 2 heteroatoms. The first kappa shape index (κ1) is 13.1. The summed E-state index contributed by atoms with van der Waals surface area (Å²) in [7, 11) is 0. The highest BCUT2D eigenvalue weighted by Gasteiger charge is 2.50. The monoisotopic (exact) mass is 259 g/mol. The van der Waals surface area contributed by atoms with Crippen LogP contribution in [-0.2, 0) is 5.60 Å². The van der Waals surface area contributed by atoms with E-state index < -0.39 is 5.60 Å². The van der Waals surface area contributed by atoms with E-state index in [-0.39, 0.29) is 5.54 Å². The van der Waals surface area contributed by atoms with Crippen molar-refractivity contribution < 1.29 is 5.11 Å². The normalized spacial score (nSPS) is 35.6. The molecule has 0 spiro atoms. The molecule has 2 aliphatic rings. The fourth-order valence-electron chi connectivity index (χ4n) is 3.88. The molecule has 1 aromatic rings. The van der Waals surface area contributed by atoms with Gasteiger partial charge in [0, 0.05) is 18.6 Å². The average molecular weight is 259 g/mol. The zero-order valence-corrected chi connectivity index (χ0v) is 12.3. The van der Waals surface area contributed by atoms with Crippen molar-refractivity contribution in [2.75, 3.05) is 13.1 Å². The Morgan fingerprint density at radius 1 is 1.05 bits per heavy atom. The van der Waals surface area contributed by atoms with E-state index in [0.29, 0.717) is 11.8 Å². The molecule has 0 radical (unpaired) electrons. The molecule has 3 atom stereocenters. The van der Waals surface area contributed by atoms with E-state index in [9.17, 15) is 5.11 Å². The van der Waals surface area contributed by atoms with E-state index in [2.05, 4.69) is 37.8 Å². The van der Waals surface area contributed by atoms with Crippen molar-refractivity contribution in [1.29, 1.82) is 0 Å². The smallest absolute Gasteiger partial charge is 0.0903 e. The number of rotatable bonds is 1. The van der Waals surface area contributed by atoms with Crippen LogP contribution in [0.15, 0.2) is 30.3 Å². The molecular weight excluding hydrogens is 234 g/mol. The van der Waals surface area contributed by atoms with Crippen LogP contribution >= 0.6 is 0 Å². The number of fused-ring (bicyclic) bond motifs is 1. The molecule has 1 aliphatic heterocycles. The van der Waals surface area contributed by atoms with E-state index in [1.54, 1.807) is 0 Å². The zero-order valence-electron chi connectivity index (χ0n) is 12.3. The van der Waals surface area contributed by atoms with Crippen molar-refractivity contribution in [3.05, 3.63) is 35.9 Å². The van der Waals surface area contributed by atoms with Crippen LogP contribution in [0.1, 0.15) is 39.2 Å². The van der Waals surface area contributed by atoms with E-state index >= 15 is 0 Å². The molecule has 1 N–H and O–H groups in total. The molecule has 1 saturated heterocycles. The minimum absolute atomic E-state index is 0.259. The Morgan fingerprint density at radius 3 is 2.05 bits per heavy atom. The van der Waals surface area contributed by atoms with Crippen molar-refractivity contribution in [2.24, 2.45) is 11.8 Å². The van der Waals surface area contributed by atoms with Crippen LogP contribution < -0.4 is 0 Å². The minimum Gasteiger partial charge on any atom is -0.385 e. The minimum atomic E-state index is -0.583. The molecule has 3 rings (SSSR count). The summed E-state index contributed by atoms with van der Waals surface area (Å²) in [5.41, 5.74) is 0.780. The number of hydrogen-bond acceptors (Lipinski definition) is 2. The van der Waals surface area contributed by atoms with Gasteiger partial charge in [-0.1, -0.05) is 30.3 Å². The Balaban J connectivity index is 1.75. The van der Waals surface area contributed by atoms with E-state index in [0.717, 1.165) is 31.5 Å². The largest absolute Gasteiger partial charge is 0.385 e.